The third-order valence-electron chi connectivity index (χ3n) is 3.94. The van der Waals surface area contributed by atoms with Crippen LogP contribution in [0.4, 0.5) is 14.9 Å². The van der Waals surface area contributed by atoms with Crippen LogP contribution in [0, 0.1) is 11.3 Å². The molecule has 33 heavy (non-hydrogen) atoms. The van der Waals surface area contributed by atoms with Crippen LogP contribution in [0.15, 0.2) is 35.4 Å². The van der Waals surface area contributed by atoms with E-state index in [0.29, 0.717) is 0 Å². The van der Waals surface area contributed by atoms with E-state index in [4.69, 9.17) is 33.2 Å². The van der Waals surface area contributed by atoms with Gasteiger partial charge in [0.15, 0.2) is 5.75 Å². The van der Waals surface area contributed by atoms with Crippen LogP contribution in [0.25, 0.3) is 0 Å². The predicted octanol–water partition coefficient (Wildman–Crippen LogP) is 5.26. The van der Waals surface area contributed by atoms with E-state index in [1.165, 1.54) is 44.2 Å². The van der Waals surface area contributed by atoms with Crippen LogP contribution in [0.1, 0.15) is 26.3 Å². The summed E-state index contributed by atoms with van der Waals surface area (Å²) in [7, 11) is 0. The minimum Gasteiger partial charge on any atom is -0.508 e. The second-order valence-electron chi connectivity index (χ2n) is 6.88. The van der Waals surface area contributed by atoms with E-state index < -0.39 is 23.4 Å². The molecule has 0 aliphatic rings. The number of nitriles is 1. The SMILES string of the molecule is CCOC(=O)NC(=O)/C(C#N)=N/Nc1cc(Cl)c(Oc2ccc(O)c(C(C)(C)F)c2)c(Cl)c1. The Labute approximate surface area is 198 Å². The lowest BCUT2D eigenvalue weighted by atomic mass is 9.99. The normalized spacial score (nSPS) is 11.4. The molecule has 0 heterocycles. The summed E-state index contributed by atoms with van der Waals surface area (Å²) in [4.78, 5) is 23.2. The van der Waals surface area contributed by atoms with Crippen LogP contribution in [-0.4, -0.2) is 29.4 Å². The lowest BCUT2D eigenvalue weighted by Gasteiger charge is -2.18. The van der Waals surface area contributed by atoms with Crippen molar-refractivity contribution < 1.29 is 28.6 Å². The van der Waals surface area contributed by atoms with Gasteiger partial charge in [-0.25, -0.2) is 9.18 Å². The number of phenolic OH excluding ortho intramolecular Hbond substituents is 1. The maximum absolute atomic E-state index is 14.3. The number of aromatic hydroxyl groups is 1. The second-order valence-corrected chi connectivity index (χ2v) is 7.70. The molecule has 0 aromatic heterocycles. The summed E-state index contributed by atoms with van der Waals surface area (Å²) in [6.07, 6.45) is -1.02. The Kier molecular flexibility index (Phi) is 8.45. The van der Waals surface area contributed by atoms with E-state index >= 15 is 0 Å². The van der Waals surface area contributed by atoms with Gasteiger partial charge >= 0.3 is 6.09 Å². The van der Waals surface area contributed by atoms with Crippen molar-refractivity contribution >= 4 is 46.6 Å². The summed E-state index contributed by atoms with van der Waals surface area (Å²) in [5.74, 6) is -1.08. The lowest BCUT2D eigenvalue weighted by Crippen LogP contribution is -2.36. The summed E-state index contributed by atoms with van der Waals surface area (Å²) < 4.78 is 24.5. The van der Waals surface area contributed by atoms with Crippen molar-refractivity contribution in [3.63, 3.8) is 0 Å². The van der Waals surface area contributed by atoms with Gasteiger partial charge in [-0.1, -0.05) is 23.2 Å². The zero-order valence-electron chi connectivity index (χ0n) is 17.7. The Bertz CT molecular complexity index is 1120. The number of ether oxygens (including phenoxy) is 2. The molecule has 0 saturated heterocycles. The summed E-state index contributed by atoms with van der Waals surface area (Å²) >= 11 is 12.5. The standard InChI is InChI=1S/C21H19Cl2FN4O5/c1-4-32-20(31)26-19(30)16(10-25)28-27-11-7-14(22)18(15(23)8-11)33-12-5-6-17(29)13(9-12)21(2,3)24/h5-9,27,29H,4H2,1-3H3,(H,26,30,31)/b28-16+. The van der Waals surface area contributed by atoms with Crippen molar-refractivity contribution in [2.24, 2.45) is 5.10 Å². The molecule has 0 aliphatic carbocycles. The van der Waals surface area contributed by atoms with Crippen molar-refractivity contribution in [1.29, 1.82) is 5.26 Å². The van der Waals surface area contributed by atoms with Gasteiger partial charge in [0.05, 0.1) is 22.3 Å². The Morgan fingerprint density at radius 1 is 1.24 bits per heavy atom. The molecule has 0 aliphatic heterocycles. The number of hydrazone groups is 1. The molecular formula is C21H19Cl2FN4O5. The minimum absolute atomic E-state index is 0.0185. The second kappa shape index (κ2) is 10.8. The van der Waals surface area contributed by atoms with E-state index in [1.54, 1.807) is 13.0 Å². The number of hydrogen-bond donors (Lipinski definition) is 3. The van der Waals surface area contributed by atoms with E-state index in [-0.39, 0.29) is 45.2 Å². The molecule has 2 aromatic rings. The van der Waals surface area contributed by atoms with Crippen molar-refractivity contribution in [3.05, 3.63) is 45.9 Å². The predicted molar refractivity (Wildman–Crippen MR) is 121 cm³/mol. The Balaban J connectivity index is 2.22. The first-order valence-corrected chi connectivity index (χ1v) is 10.1. The van der Waals surface area contributed by atoms with E-state index in [0.717, 1.165) is 0 Å². The highest BCUT2D eigenvalue weighted by Gasteiger charge is 2.24. The summed E-state index contributed by atoms with van der Waals surface area (Å²) in [6, 6.07) is 8.26. The maximum Gasteiger partial charge on any atom is 0.414 e. The highest BCUT2D eigenvalue weighted by Crippen LogP contribution is 2.41. The maximum atomic E-state index is 14.3. The first-order chi connectivity index (χ1) is 15.5. The first kappa shape index (κ1) is 25.7. The van der Waals surface area contributed by atoms with Gasteiger partial charge in [0.2, 0.25) is 5.71 Å². The van der Waals surface area contributed by atoms with Crippen molar-refractivity contribution in [2.75, 3.05) is 12.0 Å². The number of carbonyl (C=O) groups is 2. The van der Waals surface area contributed by atoms with Gasteiger partial charge < -0.3 is 14.6 Å². The van der Waals surface area contributed by atoms with Gasteiger partial charge in [0.1, 0.15) is 23.2 Å². The molecule has 0 saturated carbocycles. The number of carbonyl (C=O) groups excluding carboxylic acids is 2. The summed E-state index contributed by atoms with van der Waals surface area (Å²) in [5, 5.41) is 24.5. The molecule has 0 radical (unpaired) electrons. The molecule has 0 unspecified atom stereocenters. The molecule has 2 rings (SSSR count). The number of imide groups is 1. The smallest absolute Gasteiger partial charge is 0.414 e. The number of benzene rings is 2. The lowest BCUT2D eigenvalue weighted by molar-refractivity contribution is -0.114. The molecule has 0 bridgehead atoms. The van der Waals surface area contributed by atoms with E-state index in [1.807, 2.05) is 5.32 Å². The van der Waals surface area contributed by atoms with Crippen LogP contribution in [0.3, 0.4) is 0 Å². The van der Waals surface area contributed by atoms with Gasteiger partial charge in [-0.2, -0.15) is 10.4 Å². The topological polar surface area (TPSA) is 133 Å². The monoisotopic (exact) mass is 496 g/mol. The van der Waals surface area contributed by atoms with Crippen LogP contribution in [0.5, 0.6) is 17.2 Å². The number of nitrogens with one attached hydrogen (secondary N) is 2. The number of amides is 2. The van der Waals surface area contributed by atoms with Crippen molar-refractivity contribution in [1.82, 2.24) is 5.32 Å². The fraction of sp³-hybridized carbons (Fsp3) is 0.238. The van der Waals surface area contributed by atoms with Gasteiger partial charge in [0.25, 0.3) is 5.91 Å². The molecule has 3 N–H and O–H groups in total. The number of phenols is 1. The fourth-order valence-electron chi connectivity index (χ4n) is 2.46. The highest BCUT2D eigenvalue weighted by molar-refractivity contribution is 6.47. The number of anilines is 1. The first-order valence-electron chi connectivity index (χ1n) is 9.37. The third kappa shape index (κ3) is 6.97. The quantitative estimate of drug-likeness (QED) is 0.351. The molecule has 2 amide bonds. The zero-order chi connectivity index (χ0) is 24.8. The summed E-state index contributed by atoms with van der Waals surface area (Å²) in [6.45, 7) is 4.16. The molecule has 0 spiro atoms. The summed E-state index contributed by atoms with van der Waals surface area (Å²) in [5.41, 5.74) is 0.184. The number of alkyl carbamates (subject to hydrolysis) is 1. The Hall–Kier alpha value is -3.55. The molecule has 12 heteroatoms. The van der Waals surface area contributed by atoms with Gasteiger partial charge in [-0.15, -0.1) is 0 Å². The largest absolute Gasteiger partial charge is 0.508 e. The molecular weight excluding hydrogens is 478 g/mol. The van der Waals surface area contributed by atoms with Crippen LogP contribution in [0.2, 0.25) is 10.0 Å². The molecule has 2 aromatic carbocycles. The molecule has 174 valence electrons. The van der Waals surface area contributed by atoms with Gasteiger partial charge in [-0.3, -0.25) is 15.5 Å². The highest BCUT2D eigenvalue weighted by atomic mass is 35.5. The van der Waals surface area contributed by atoms with Crippen molar-refractivity contribution in [3.8, 4) is 23.3 Å². The molecule has 9 nitrogen and oxygen atoms in total. The van der Waals surface area contributed by atoms with E-state index in [9.17, 15) is 19.1 Å². The number of rotatable bonds is 7. The van der Waals surface area contributed by atoms with Gasteiger partial charge in [0, 0.05) is 5.56 Å². The Morgan fingerprint density at radius 3 is 2.42 bits per heavy atom. The average Bonchev–Trinajstić information content (AvgIpc) is 2.71. The minimum atomic E-state index is -1.82. The molecule has 0 fully saturated rings. The zero-order valence-corrected chi connectivity index (χ0v) is 19.2. The van der Waals surface area contributed by atoms with Crippen LogP contribution in [-0.2, 0) is 15.2 Å². The third-order valence-corrected chi connectivity index (χ3v) is 4.50. The van der Waals surface area contributed by atoms with Crippen LogP contribution >= 0.6 is 23.2 Å². The number of hydrogen-bond acceptors (Lipinski definition) is 8. The average molecular weight is 497 g/mol. The van der Waals surface area contributed by atoms with E-state index in [2.05, 4.69) is 15.3 Å². The Morgan fingerprint density at radius 2 is 1.88 bits per heavy atom. The van der Waals surface area contributed by atoms with Gasteiger partial charge in [-0.05, 0) is 51.1 Å². The fourth-order valence-corrected chi connectivity index (χ4v) is 3.02. The van der Waals surface area contributed by atoms with Crippen LogP contribution < -0.4 is 15.5 Å². The number of halogens is 3. The number of alkyl halides is 1. The molecule has 0 atom stereocenters. The van der Waals surface area contributed by atoms with Crippen molar-refractivity contribution in [2.45, 2.75) is 26.4 Å². The number of nitrogens with zero attached hydrogens (tertiary/aromatic N) is 2.